The average molecular weight is 213 g/mol. The Balaban J connectivity index is 2.67. The van der Waals surface area contributed by atoms with Gasteiger partial charge in [0.25, 0.3) is 0 Å². The van der Waals surface area contributed by atoms with Crippen molar-refractivity contribution in [3.63, 3.8) is 0 Å². The molecule has 1 saturated heterocycles. The third kappa shape index (κ3) is 2.47. The summed E-state index contributed by atoms with van der Waals surface area (Å²) in [5, 5.41) is 0. The molecule has 0 aromatic carbocycles. The molecule has 3 amide bonds. The van der Waals surface area contributed by atoms with Crippen molar-refractivity contribution >= 4 is 11.9 Å². The standard InChI is InChI=1S/C10H19N3O2/c1-10(2,3)7(11)5-13-8(14)6-12(4)9(13)15/h7H,5-6,11H2,1-4H3. The predicted octanol–water partition coefficient (Wildman–Crippen LogP) is 0.254. The van der Waals surface area contributed by atoms with E-state index in [-0.39, 0.29) is 29.9 Å². The van der Waals surface area contributed by atoms with Gasteiger partial charge in [-0.2, -0.15) is 0 Å². The Bertz CT molecular complexity index is 283. The molecule has 1 atom stereocenters. The number of hydrogen-bond donors (Lipinski definition) is 1. The lowest BCUT2D eigenvalue weighted by Gasteiger charge is -2.29. The van der Waals surface area contributed by atoms with Crippen LogP contribution in [-0.4, -0.2) is 47.9 Å². The summed E-state index contributed by atoms with van der Waals surface area (Å²) in [6.45, 7) is 6.44. The summed E-state index contributed by atoms with van der Waals surface area (Å²) in [7, 11) is 1.61. The van der Waals surface area contributed by atoms with E-state index in [1.165, 1.54) is 9.80 Å². The number of imide groups is 1. The van der Waals surface area contributed by atoms with Gasteiger partial charge in [0.15, 0.2) is 0 Å². The average Bonchev–Trinajstić information content (AvgIpc) is 2.30. The number of nitrogens with two attached hydrogens (primary N) is 1. The maximum absolute atomic E-state index is 11.6. The van der Waals surface area contributed by atoms with Crippen LogP contribution < -0.4 is 5.73 Å². The van der Waals surface area contributed by atoms with Crippen LogP contribution in [-0.2, 0) is 4.79 Å². The highest BCUT2D eigenvalue weighted by atomic mass is 16.2. The van der Waals surface area contributed by atoms with E-state index in [0.29, 0.717) is 6.54 Å². The first-order chi connectivity index (χ1) is 6.73. The quantitative estimate of drug-likeness (QED) is 0.669. The van der Waals surface area contributed by atoms with Crippen molar-refractivity contribution in [2.75, 3.05) is 20.1 Å². The number of rotatable bonds is 2. The third-order valence-corrected chi connectivity index (χ3v) is 2.72. The zero-order valence-corrected chi connectivity index (χ0v) is 9.78. The van der Waals surface area contributed by atoms with Gasteiger partial charge >= 0.3 is 6.03 Å². The highest BCUT2D eigenvalue weighted by molar-refractivity contribution is 6.01. The van der Waals surface area contributed by atoms with Crippen molar-refractivity contribution in [1.82, 2.24) is 9.80 Å². The first kappa shape index (κ1) is 12.0. The van der Waals surface area contributed by atoms with Crippen LogP contribution in [0.1, 0.15) is 20.8 Å². The molecule has 5 heteroatoms. The molecule has 5 nitrogen and oxygen atoms in total. The molecular formula is C10H19N3O2. The molecule has 0 saturated carbocycles. The number of amides is 3. The van der Waals surface area contributed by atoms with Crippen molar-refractivity contribution in [1.29, 1.82) is 0 Å². The van der Waals surface area contributed by atoms with E-state index in [9.17, 15) is 9.59 Å². The van der Waals surface area contributed by atoms with Gasteiger partial charge in [0.2, 0.25) is 5.91 Å². The summed E-state index contributed by atoms with van der Waals surface area (Å²) in [4.78, 5) is 25.7. The number of likely N-dealkylation sites (N-methyl/N-ethyl adjacent to an activating group) is 1. The van der Waals surface area contributed by atoms with Gasteiger partial charge in [0, 0.05) is 19.6 Å². The Morgan fingerprint density at radius 2 is 1.93 bits per heavy atom. The lowest BCUT2D eigenvalue weighted by Crippen LogP contribution is -2.47. The Morgan fingerprint density at radius 3 is 2.27 bits per heavy atom. The molecule has 0 bridgehead atoms. The van der Waals surface area contributed by atoms with Crippen molar-refractivity contribution in [3.8, 4) is 0 Å². The van der Waals surface area contributed by atoms with Crippen LogP contribution in [0.2, 0.25) is 0 Å². The highest BCUT2D eigenvalue weighted by Gasteiger charge is 2.36. The Labute approximate surface area is 90.2 Å². The van der Waals surface area contributed by atoms with Crippen LogP contribution in [0.5, 0.6) is 0 Å². The van der Waals surface area contributed by atoms with E-state index >= 15 is 0 Å². The summed E-state index contributed by atoms with van der Waals surface area (Å²) in [5.74, 6) is -0.165. The van der Waals surface area contributed by atoms with Crippen LogP contribution in [0.4, 0.5) is 4.79 Å². The summed E-state index contributed by atoms with van der Waals surface area (Å²) in [5.41, 5.74) is 5.83. The molecule has 0 aromatic heterocycles. The zero-order chi connectivity index (χ0) is 11.8. The molecule has 86 valence electrons. The molecule has 0 spiro atoms. The third-order valence-electron chi connectivity index (χ3n) is 2.72. The lowest BCUT2D eigenvalue weighted by atomic mass is 9.87. The predicted molar refractivity (Wildman–Crippen MR) is 57.2 cm³/mol. The Kier molecular flexibility index (Phi) is 3.04. The molecule has 1 aliphatic heterocycles. The fourth-order valence-corrected chi connectivity index (χ4v) is 1.32. The van der Waals surface area contributed by atoms with E-state index in [0.717, 1.165) is 0 Å². The SMILES string of the molecule is CN1CC(=O)N(CC(N)C(C)(C)C)C1=O. The normalized spacial score (nSPS) is 20.1. The van der Waals surface area contributed by atoms with Crippen molar-refractivity contribution < 1.29 is 9.59 Å². The van der Waals surface area contributed by atoms with Crippen LogP contribution >= 0.6 is 0 Å². The van der Waals surface area contributed by atoms with Crippen LogP contribution in [0, 0.1) is 5.41 Å². The van der Waals surface area contributed by atoms with E-state index in [4.69, 9.17) is 5.73 Å². The number of carbonyl (C=O) groups is 2. The summed E-state index contributed by atoms with van der Waals surface area (Å²) >= 11 is 0. The van der Waals surface area contributed by atoms with Gasteiger partial charge < -0.3 is 10.6 Å². The molecule has 0 aliphatic carbocycles. The van der Waals surface area contributed by atoms with Crippen LogP contribution in [0.3, 0.4) is 0 Å². The molecule has 1 fully saturated rings. The van der Waals surface area contributed by atoms with Crippen molar-refractivity contribution in [2.45, 2.75) is 26.8 Å². The van der Waals surface area contributed by atoms with Crippen LogP contribution in [0.25, 0.3) is 0 Å². The smallest absolute Gasteiger partial charge is 0.326 e. The van der Waals surface area contributed by atoms with Gasteiger partial charge in [-0.25, -0.2) is 4.79 Å². The van der Waals surface area contributed by atoms with Crippen molar-refractivity contribution in [3.05, 3.63) is 0 Å². The maximum atomic E-state index is 11.6. The van der Waals surface area contributed by atoms with E-state index in [1.807, 2.05) is 20.8 Å². The molecule has 1 aliphatic rings. The first-order valence-electron chi connectivity index (χ1n) is 5.04. The molecule has 1 unspecified atom stereocenters. The summed E-state index contributed by atoms with van der Waals surface area (Å²) in [6.07, 6.45) is 0. The van der Waals surface area contributed by atoms with Gasteiger partial charge in [-0.1, -0.05) is 20.8 Å². The number of urea groups is 1. The molecular weight excluding hydrogens is 194 g/mol. The second kappa shape index (κ2) is 3.81. The molecule has 15 heavy (non-hydrogen) atoms. The van der Waals surface area contributed by atoms with Gasteiger partial charge in [-0.3, -0.25) is 9.69 Å². The van der Waals surface area contributed by atoms with E-state index in [1.54, 1.807) is 7.05 Å². The van der Waals surface area contributed by atoms with Gasteiger partial charge in [0.1, 0.15) is 6.54 Å². The van der Waals surface area contributed by atoms with Crippen molar-refractivity contribution in [2.24, 2.45) is 11.1 Å². The fraction of sp³-hybridized carbons (Fsp3) is 0.800. The Hall–Kier alpha value is -1.10. The second-order valence-electron chi connectivity index (χ2n) is 5.12. The minimum Gasteiger partial charge on any atom is -0.326 e. The molecule has 0 radical (unpaired) electrons. The summed E-state index contributed by atoms with van der Waals surface area (Å²) < 4.78 is 0. The minimum atomic E-state index is -0.250. The second-order valence-corrected chi connectivity index (χ2v) is 5.12. The molecule has 0 aromatic rings. The van der Waals surface area contributed by atoms with Gasteiger partial charge in [-0.05, 0) is 5.41 Å². The molecule has 2 N–H and O–H groups in total. The first-order valence-corrected chi connectivity index (χ1v) is 5.04. The number of nitrogens with zero attached hydrogens (tertiary/aromatic N) is 2. The van der Waals surface area contributed by atoms with E-state index < -0.39 is 0 Å². The number of hydrogen-bond acceptors (Lipinski definition) is 3. The highest BCUT2D eigenvalue weighted by Crippen LogP contribution is 2.19. The molecule has 1 heterocycles. The summed E-state index contributed by atoms with van der Waals surface area (Å²) in [6, 6.07) is -0.448. The topological polar surface area (TPSA) is 66.6 Å². The minimum absolute atomic E-state index is 0.109. The lowest BCUT2D eigenvalue weighted by molar-refractivity contribution is -0.125. The fourth-order valence-electron chi connectivity index (χ4n) is 1.32. The zero-order valence-electron chi connectivity index (χ0n) is 9.78. The molecule has 1 rings (SSSR count). The van der Waals surface area contributed by atoms with Gasteiger partial charge in [0.05, 0.1) is 0 Å². The number of carbonyl (C=O) groups excluding carboxylic acids is 2. The van der Waals surface area contributed by atoms with E-state index in [2.05, 4.69) is 0 Å². The Morgan fingerprint density at radius 1 is 1.40 bits per heavy atom. The largest absolute Gasteiger partial charge is 0.327 e. The maximum Gasteiger partial charge on any atom is 0.327 e. The van der Waals surface area contributed by atoms with Crippen LogP contribution in [0.15, 0.2) is 0 Å². The monoisotopic (exact) mass is 213 g/mol. The van der Waals surface area contributed by atoms with Gasteiger partial charge in [-0.15, -0.1) is 0 Å².